The van der Waals surface area contributed by atoms with Gasteiger partial charge in [0, 0.05) is 24.7 Å². The minimum Gasteiger partial charge on any atom is -0.338 e. The van der Waals surface area contributed by atoms with E-state index in [1.165, 1.54) is 19.3 Å². The van der Waals surface area contributed by atoms with Crippen LogP contribution in [0.4, 0.5) is 0 Å². The molecule has 0 radical (unpaired) electrons. The summed E-state index contributed by atoms with van der Waals surface area (Å²) in [6, 6.07) is 0. The fourth-order valence-electron chi connectivity index (χ4n) is 6.83. The van der Waals surface area contributed by atoms with E-state index in [0.717, 1.165) is 55.7 Å². The molecule has 5 aliphatic rings. The first kappa shape index (κ1) is 17.4. The molecule has 27 heavy (non-hydrogen) atoms. The zero-order chi connectivity index (χ0) is 18.6. The van der Waals surface area contributed by atoms with Crippen LogP contribution in [0.15, 0.2) is 11.0 Å². The monoisotopic (exact) mass is 370 g/mol. The Labute approximate surface area is 159 Å². The van der Waals surface area contributed by atoms with Crippen molar-refractivity contribution in [2.45, 2.75) is 56.8 Å². The number of nitrogens with zero attached hydrogens (tertiary/aromatic N) is 2. The maximum Gasteiger partial charge on any atom is 0.263 e. The van der Waals surface area contributed by atoms with Gasteiger partial charge in [-0.1, -0.05) is 0 Å². The van der Waals surface area contributed by atoms with E-state index in [2.05, 4.69) is 9.97 Å². The van der Waals surface area contributed by atoms with Gasteiger partial charge < -0.3 is 15.6 Å². The summed E-state index contributed by atoms with van der Waals surface area (Å²) in [5.41, 5.74) is 5.74. The third kappa shape index (κ3) is 2.93. The Morgan fingerprint density at radius 1 is 1.22 bits per heavy atom. The van der Waals surface area contributed by atoms with Crippen molar-refractivity contribution in [3.63, 3.8) is 0 Å². The summed E-state index contributed by atoms with van der Waals surface area (Å²) in [5, 5.41) is 0. The molecule has 5 fully saturated rings. The molecule has 2 heterocycles. The summed E-state index contributed by atoms with van der Waals surface area (Å²) in [7, 11) is 0. The van der Waals surface area contributed by atoms with Crippen LogP contribution in [-0.2, 0) is 5.41 Å². The topological polar surface area (TPSA) is 92.1 Å². The molecule has 4 saturated carbocycles. The van der Waals surface area contributed by atoms with Gasteiger partial charge in [-0.05, 0) is 81.6 Å². The van der Waals surface area contributed by atoms with Crippen molar-refractivity contribution in [2.24, 2.45) is 29.4 Å². The number of aromatic nitrogens is 2. The van der Waals surface area contributed by atoms with Crippen LogP contribution >= 0.6 is 0 Å². The van der Waals surface area contributed by atoms with Crippen molar-refractivity contribution in [3.05, 3.63) is 27.9 Å². The van der Waals surface area contributed by atoms with Gasteiger partial charge in [0.1, 0.15) is 11.4 Å². The number of hydrogen-bond acceptors (Lipinski definition) is 4. The molecule has 6 heteroatoms. The number of nitrogens with one attached hydrogen (secondary N) is 1. The van der Waals surface area contributed by atoms with Crippen molar-refractivity contribution in [1.29, 1.82) is 0 Å². The maximum atomic E-state index is 12.9. The lowest BCUT2D eigenvalue weighted by molar-refractivity contribution is -0.00955. The summed E-state index contributed by atoms with van der Waals surface area (Å²) in [6.45, 7) is 1.93. The van der Waals surface area contributed by atoms with Crippen molar-refractivity contribution in [3.8, 4) is 0 Å². The lowest BCUT2D eigenvalue weighted by atomic mass is 9.49. The lowest BCUT2D eigenvalue weighted by Gasteiger charge is -2.56. The number of nitrogens with two attached hydrogens (primary N) is 1. The van der Waals surface area contributed by atoms with E-state index in [9.17, 15) is 9.59 Å². The number of carbonyl (C=O) groups is 1. The van der Waals surface area contributed by atoms with Gasteiger partial charge in [-0.15, -0.1) is 0 Å². The highest BCUT2D eigenvalue weighted by atomic mass is 16.2. The minimum absolute atomic E-state index is 0.0469. The van der Waals surface area contributed by atoms with Crippen LogP contribution in [0.1, 0.15) is 67.5 Å². The highest BCUT2D eigenvalue weighted by Gasteiger charge is 2.53. The van der Waals surface area contributed by atoms with Crippen LogP contribution in [0, 0.1) is 23.7 Å². The molecular formula is C21H30N4O2. The van der Waals surface area contributed by atoms with Gasteiger partial charge in [0.25, 0.3) is 11.5 Å². The summed E-state index contributed by atoms with van der Waals surface area (Å²) in [6.07, 6.45) is 11.1. The number of amides is 1. The molecule has 1 saturated heterocycles. The first-order chi connectivity index (χ1) is 13.1. The van der Waals surface area contributed by atoms with E-state index in [0.29, 0.717) is 25.6 Å². The SMILES string of the molecule is NC[C@H]1CCCN(C(=O)c2cnc(C34CC5CC(CC(C5)C3)C4)[nH]c2=O)C1. The minimum atomic E-state index is -0.268. The van der Waals surface area contributed by atoms with Crippen molar-refractivity contribution < 1.29 is 4.79 Å². The molecule has 1 aliphatic heterocycles. The predicted octanol–water partition coefficient (Wildman–Crippen LogP) is 2.05. The van der Waals surface area contributed by atoms with E-state index in [1.54, 1.807) is 11.1 Å². The Bertz CT molecular complexity index is 766. The number of hydrogen-bond donors (Lipinski definition) is 2. The van der Waals surface area contributed by atoms with Gasteiger partial charge in [-0.2, -0.15) is 0 Å². The molecule has 6 rings (SSSR count). The fraction of sp³-hybridized carbons (Fsp3) is 0.762. The molecule has 0 spiro atoms. The van der Waals surface area contributed by atoms with Crippen LogP contribution < -0.4 is 11.3 Å². The van der Waals surface area contributed by atoms with Crippen LogP contribution in [0.3, 0.4) is 0 Å². The van der Waals surface area contributed by atoms with E-state index in [1.807, 2.05) is 0 Å². The van der Waals surface area contributed by atoms with Crippen molar-refractivity contribution >= 4 is 5.91 Å². The first-order valence-electron chi connectivity index (χ1n) is 10.7. The third-order valence-electron chi connectivity index (χ3n) is 7.71. The zero-order valence-corrected chi connectivity index (χ0v) is 16.0. The standard InChI is InChI=1S/C21H30N4O2/c22-10-13-2-1-3-25(12-13)19(27)17-11-23-20(24-18(17)26)21-7-14-4-15(8-21)6-16(5-14)9-21/h11,13-16H,1-10,12,22H2,(H,23,24,26)/t13-,14?,15?,16?,21?/m1/s1. The first-order valence-corrected chi connectivity index (χ1v) is 10.7. The average Bonchev–Trinajstić information content (AvgIpc) is 2.66. The van der Waals surface area contributed by atoms with Crippen LogP contribution in [0.2, 0.25) is 0 Å². The Hall–Kier alpha value is -1.69. The number of H-pyrrole nitrogens is 1. The summed E-state index contributed by atoms with van der Waals surface area (Å²) >= 11 is 0. The van der Waals surface area contributed by atoms with Crippen LogP contribution in [0.25, 0.3) is 0 Å². The van der Waals surface area contributed by atoms with Gasteiger partial charge >= 0.3 is 0 Å². The Kier molecular flexibility index (Phi) is 4.15. The lowest BCUT2D eigenvalue weighted by Crippen LogP contribution is -2.50. The maximum absolute atomic E-state index is 12.9. The van der Waals surface area contributed by atoms with E-state index in [-0.39, 0.29) is 22.4 Å². The zero-order valence-electron chi connectivity index (χ0n) is 16.0. The largest absolute Gasteiger partial charge is 0.338 e. The molecular weight excluding hydrogens is 340 g/mol. The molecule has 146 valence electrons. The second-order valence-electron chi connectivity index (χ2n) is 9.67. The second-order valence-corrected chi connectivity index (χ2v) is 9.67. The van der Waals surface area contributed by atoms with Gasteiger partial charge in [-0.3, -0.25) is 9.59 Å². The van der Waals surface area contributed by atoms with Crippen LogP contribution in [-0.4, -0.2) is 40.4 Å². The van der Waals surface area contributed by atoms with Crippen LogP contribution in [0.5, 0.6) is 0 Å². The summed E-state index contributed by atoms with van der Waals surface area (Å²) < 4.78 is 0. The molecule has 6 nitrogen and oxygen atoms in total. The average molecular weight is 370 g/mol. The number of aromatic amines is 1. The smallest absolute Gasteiger partial charge is 0.263 e. The molecule has 1 atom stereocenters. The van der Waals surface area contributed by atoms with Crippen molar-refractivity contribution in [1.82, 2.24) is 14.9 Å². The van der Waals surface area contributed by atoms with E-state index < -0.39 is 0 Å². The molecule has 0 unspecified atom stereocenters. The van der Waals surface area contributed by atoms with E-state index >= 15 is 0 Å². The van der Waals surface area contributed by atoms with Gasteiger partial charge in [0.05, 0.1) is 0 Å². The summed E-state index contributed by atoms with van der Waals surface area (Å²) in [4.78, 5) is 35.1. The number of rotatable bonds is 3. The Morgan fingerprint density at radius 2 is 1.89 bits per heavy atom. The normalized spacial score (nSPS) is 37.6. The molecule has 4 aliphatic carbocycles. The number of carbonyl (C=O) groups excluding carboxylic acids is 1. The molecule has 3 N–H and O–H groups in total. The molecule has 4 bridgehead atoms. The number of likely N-dealkylation sites (tertiary alicyclic amines) is 1. The summed E-state index contributed by atoms with van der Waals surface area (Å²) in [5.74, 6) is 3.36. The molecule has 1 aromatic rings. The fourth-order valence-corrected chi connectivity index (χ4v) is 6.83. The van der Waals surface area contributed by atoms with Gasteiger partial charge in [0.15, 0.2) is 0 Å². The van der Waals surface area contributed by atoms with Gasteiger partial charge in [-0.25, -0.2) is 4.98 Å². The Morgan fingerprint density at radius 3 is 2.48 bits per heavy atom. The molecule has 0 aromatic carbocycles. The molecule has 1 aromatic heterocycles. The predicted molar refractivity (Wildman–Crippen MR) is 102 cm³/mol. The third-order valence-corrected chi connectivity index (χ3v) is 7.71. The quantitative estimate of drug-likeness (QED) is 0.852. The highest BCUT2D eigenvalue weighted by molar-refractivity contribution is 5.93. The second kappa shape index (κ2) is 6.43. The Balaban J connectivity index is 1.40. The van der Waals surface area contributed by atoms with Crippen molar-refractivity contribution in [2.75, 3.05) is 19.6 Å². The number of piperidine rings is 1. The highest BCUT2D eigenvalue weighted by Crippen LogP contribution is 2.59. The van der Waals surface area contributed by atoms with Gasteiger partial charge in [0.2, 0.25) is 0 Å². The van der Waals surface area contributed by atoms with E-state index in [4.69, 9.17) is 5.73 Å². The molecule has 1 amide bonds.